The fourth-order valence-corrected chi connectivity index (χ4v) is 2.96. The zero-order chi connectivity index (χ0) is 13.8. The van der Waals surface area contributed by atoms with Crippen LogP contribution in [0.2, 0.25) is 0 Å². The molecule has 4 N–H and O–H groups in total. The molecule has 1 aliphatic rings. The standard InChI is InChI=1S/C15H23N3O/c1-11(16)14(12-5-3-2-4-6-12)18-9-7-13(8-10-18)15(17)19/h2-6,11,13-14H,7-10,16H2,1H3,(H2,17,19). The smallest absolute Gasteiger partial charge is 0.220 e. The van der Waals surface area contributed by atoms with E-state index in [-0.39, 0.29) is 23.9 Å². The largest absolute Gasteiger partial charge is 0.369 e. The second kappa shape index (κ2) is 6.17. The number of carbonyl (C=O) groups is 1. The number of carbonyl (C=O) groups excluding carboxylic acids is 1. The fraction of sp³-hybridized carbons (Fsp3) is 0.533. The molecule has 0 aliphatic carbocycles. The van der Waals surface area contributed by atoms with Crippen molar-refractivity contribution in [3.05, 3.63) is 35.9 Å². The van der Waals surface area contributed by atoms with Crippen molar-refractivity contribution in [3.8, 4) is 0 Å². The third kappa shape index (κ3) is 3.33. The van der Waals surface area contributed by atoms with E-state index in [1.54, 1.807) is 0 Å². The molecule has 0 bridgehead atoms. The predicted octanol–water partition coefficient (Wildman–Crippen LogP) is 1.27. The number of nitrogens with two attached hydrogens (primary N) is 2. The van der Waals surface area contributed by atoms with Gasteiger partial charge in [-0.05, 0) is 38.4 Å². The summed E-state index contributed by atoms with van der Waals surface area (Å²) in [6, 6.07) is 10.6. The first-order chi connectivity index (χ1) is 9.09. The normalized spacial score (nSPS) is 20.9. The summed E-state index contributed by atoms with van der Waals surface area (Å²) in [7, 11) is 0. The van der Waals surface area contributed by atoms with Gasteiger partial charge in [0.25, 0.3) is 0 Å². The second-order valence-corrected chi connectivity index (χ2v) is 5.43. The van der Waals surface area contributed by atoms with E-state index < -0.39 is 0 Å². The highest BCUT2D eigenvalue weighted by molar-refractivity contribution is 5.76. The molecule has 1 aromatic carbocycles. The lowest BCUT2D eigenvalue weighted by Gasteiger charge is -2.39. The minimum atomic E-state index is -0.170. The number of piperidine rings is 1. The van der Waals surface area contributed by atoms with E-state index in [0.717, 1.165) is 25.9 Å². The van der Waals surface area contributed by atoms with Gasteiger partial charge in [0.15, 0.2) is 0 Å². The molecule has 1 aromatic rings. The SMILES string of the molecule is CC(N)C(c1ccccc1)N1CCC(C(N)=O)CC1. The number of hydrogen-bond acceptors (Lipinski definition) is 3. The van der Waals surface area contributed by atoms with E-state index in [2.05, 4.69) is 17.0 Å². The van der Waals surface area contributed by atoms with E-state index in [9.17, 15) is 4.79 Å². The van der Waals surface area contributed by atoms with Gasteiger partial charge in [-0.3, -0.25) is 9.69 Å². The average Bonchev–Trinajstić information content (AvgIpc) is 2.40. The molecule has 1 saturated heterocycles. The molecule has 0 aromatic heterocycles. The summed E-state index contributed by atoms with van der Waals surface area (Å²) in [6.07, 6.45) is 1.68. The van der Waals surface area contributed by atoms with Crippen LogP contribution in [0.5, 0.6) is 0 Å². The number of hydrogen-bond donors (Lipinski definition) is 2. The Hall–Kier alpha value is -1.39. The van der Waals surface area contributed by atoms with Crippen molar-refractivity contribution in [1.82, 2.24) is 4.90 Å². The maximum absolute atomic E-state index is 11.2. The summed E-state index contributed by atoms with van der Waals surface area (Å²) in [6.45, 7) is 3.81. The number of nitrogens with zero attached hydrogens (tertiary/aromatic N) is 1. The quantitative estimate of drug-likeness (QED) is 0.857. The molecule has 1 aliphatic heterocycles. The molecule has 2 atom stereocenters. The van der Waals surface area contributed by atoms with Crippen LogP contribution in [0.15, 0.2) is 30.3 Å². The molecule has 104 valence electrons. The minimum Gasteiger partial charge on any atom is -0.369 e. The first kappa shape index (κ1) is 14.0. The maximum Gasteiger partial charge on any atom is 0.220 e. The maximum atomic E-state index is 11.2. The Balaban J connectivity index is 2.08. The van der Waals surface area contributed by atoms with Gasteiger partial charge in [-0.15, -0.1) is 0 Å². The van der Waals surface area contributed by atoms with Gasteiger partial charge < -0.3 is 11.5 Å². The Kier molecular flexibility index (Phi) is 4.56. The molecule has 2 rings (SSSR count). The summed E-state index contributed by atoms with van der Waals surface area (Å²) >= 11 is 0. The summed E-state index contributed by atoms with van der Waals surface area (Å²) in [4.78, 5) is 13.6. The summed E-state index contributed by atoms with van der Waals surface area (Å²) in [5.41, 5.74) is 12.8. The van der Waals surface area contributed by atoms with Gasteiger partial charge in [-0.1, -0.05) is 30.3 Å². The van der Waals surface area contributed by atoms with Gasteiger partial charge >= 0.3 is 0 Å². The van der Waals surface area contributed by atoms with Crippen LogP contribution < -0.4 is 11.5 Å². The summed E-state index contributed by atoms with van der Waals surface area (Å²) in [5, 5.41) is 0. The van der Waals surface area contributed by atoms with Crippen LogP contribution in [-0.2, 0) is 4.79 Å². The second-order valence-electron chi connectivity index (χ2n) is 5.43. The lowest BCUT2D eigenvalue weighted by molar-refractivity contribution is -0.123. The lowest BCUT2D eigenvalue weighted by atomic mass is 9.92. The zero-order valence-corrected chi connectivity index (χ0v) is 11.5. The highest BCUT2D eigenvalue weighted by Crippen LogP contribution is 2.28. The first-order valence-corrected chi connectivity index (χ1v) is 6.93. The third-order valence-corrected chi connectivity index (χ3v) is 3.96. The van der Waals surface area contributed by atoms with Crippen LogP contribution in [-0.4, -0.2) is 29.9 Å². The van der Waals surface area contributed by atoms with E-state index in [4.69, 9.17) is 11.5 Å². The molecule has 1 amide bonds. The van der Waals surface area contributed by atoms with Crippen molar-refractivity contribution >= 4 is 5.91 Å². The van der Waals surface area contributed by atoms with Crippen LogP contribution in [0.25, 0.3) is 0 Å². The Labute approximate surface area is 114 Å². The number of benzene rings is 1. The molecule has 19 heavy (non-hydrogen) atoms. The zero-order valence-electron chi connectivity index (χ0n) is 11.5. The minimum absolute atomic E-state index is 0.0285. The third-order valence-electron chi connectivity index (χ3n) is 3.96. The molecule has 4 nitrogen and oxygen atoms in total. The Morgan fingerprint density at radius 2 is 1.84 bits per heavy atom. The Bertz CT molecular complexity index is 411. The molecular formula is C15H23N3O. The number of amides is 1. The van der Waals surface area contributed by atoms with Crippen molar-refractivity contribution in [2.75, 3.05) is 13.1 Å². The van der Waals surface area contributed by atoms with Crippen molar-refractivity contribution in [2.24, 2.45) is 17.4 Å². The van der Waals surface area contributed by atoms with Gasteiger partial charge in [0.2, 0.25) is 5.91 Å². The van der Waals surface area contributed by atoms with E-state index in [1.807, 2.05) is 25.1 Å². The van der Waals surface area contributed by atoms with Crippen LogP contribution in [0.3, 0.4) is 0 Å². The molecule has 4 heteroatoms. The van der Waals surface area contributed by atoms with Gasteiger partial charge in [-0.2, -0.15) is 0 Å². The van der Waals surface area contributed by atoms with Gasteiger partial charge in [0, 0.05) is 18.0 Å². The van der Waals surface area contributed by atoms with Gasteiger partial charge in [0.05, 0.1) is 0 Å². The molecule has 0 radical (unpaired) electrons. The molecule has 1 heterocycles. The van der Waals surface area contributed by atoms with Crippen molar-refractivity contribution in [3.63, 3.8) is 0 Å². The highest BCUT2D eigenvalue weighted by atomic mass is 16.1. The van der Waals surface area contributed by atoms with E-state index in [1.165, 1.54) is 5.56 Å². The Morgan fingerprint density at radius 1 is 1.26 bits per heavy atom. The van der Waals surface area contributed by atoms with Crippen LogP contribution in [0.4, 0.5) is 0 Å². The van der Waals surface area contributed by atoms with Crippen LogP contribution >= 0.6 is 0 Å². The molecular weight excluding hydrogens is 238 g/mol. The molecule has 0 saturated carbocycles. The monoisotopic (exact) mass is 261 g/mol. The average molecular weight is 261 g/mol. The van der Waals surface area contributed by atoms with Crippen molar-refractivity contribution in [2.45, 2.75) is 31.8 Å². The Morgan fingerprint density at radius 3 is 2.32 bits per heavy atom. The van der Waals surface area contributed by atoms with Crippen LogP contribution in [0, 0.1) is 5.92 Å². The highest BCUT2D eigenvalue weighted by Gasteiger charge is 2.29. The van der Waals surface area contributed by atoms with Gasteiger partial charge in [0.1, 0.15) is 0 Å². The van der Waals surface area contributed by atoms with Crippen LogP contribution in [0.1, 0.15) is 31.4 Å². The van der Waals surface area contributed by atoms with Crippen molar-refractivity contribution in [1.29, 1.82) is 0 Å². The van der Waals surface area contributed by atoms with E-state index in [0.29, 0.717) is 0 Å². The summed E-state index contributed by atoms with van der Waals surface area (Å²) < 4.78 is 0. The predicted molar refractivity (Wildman–Crippen MR) is 76.3 cm³/mol. The topological polar surface area (TPSA) is 72.3 Å². The molecule has 0 spiro atoms. The fourth-order valence-electron chi connectivity index (χ4n) is 2.96. The molecule has 2 unspecified atom stereocenters. The van der Waals surface area contributed by atoms with E-state index >= 15 is 0 Å². The molecule has 1 fully saturated rings. The summed E-state index contributed by atoms with van der Waals surface area (Å²) in [5.74, 6) is -0.141. The first-order valence-electron chi connectivity index (χ1n) is 6.93. The van der Waals surface area contributed by atoms with Gasteiger partial charge in [-0.25, -0.2) is 0 Å². The number of rotatable bonds is 4. The number of primary amides is 1. The lowest BCUT2D eigenvalue weighted by Crippen LogP contribution is -2.45. The van der Waals surface area contributed by atoms with Crippen molar-refractivity contribution < 1.29 is 4.79 Å². The number of likely N-dealkylation sites (tertiary alicyclic amines) is 1.